The summed E-state index contributed by atoms with van der Waals surface area (Å²) in [6.45, 7) is 4.49. The first kappa shape index (κ1) is 9.66. The number of hydrogen-bond donors (Lipinski definition) is 0. The molecule has 0 amide bonds. The molecule has 3 nitrogen and oxygen atoms in total. The van der Waals surface area contributed by atoms with Crippen LogP contribution in [0.5, 0.6) is 6.01 Å². The van der Waals surface area contributed by atoms with Crippen LogP contribution in [0.4, 0.5) is 0 Å². The summed E-state index contributed by atoms with van der Waals surface area (Å²) in [6, 6.07) is 0.585. The summed E-state index contributed by atoms with van der Waals surface area (Å²) >= 11 is 0. The van der Waals surface area contributed by atoms with E-state index in [0.29, 0.717) is 11.9 Å². The zero-order valence-electron chi connectivity index (χ0n) is 8.24. The lowest BCUT2D eigenvalue weighted by Gasteiger charge is -2.07. The molecular formula is C10H14N2O. The van der Waals surface area contributed by atoms with Crippen molar-refractivity contribution < 1.29 is 4.74 Å². The number of terminal acetylenes is 1. The summed E-state index contributed by atoms with van der Waals surface area (Å²) in [5, 5.41) is 0. The van der Waals surface area contributed by atoms with E-state index in [-0.39, 0.29) is 6.61 Å². The van der Waals surface area contributed by atoms with Crippen LogP contribution < -0.4 is 4.74 Å². The zero-order chi connectivity index (χ0) is 9.84. The molecule has 1 aromatic rings. The fourth-order valence-electron chi connectivity index (χ4n) is 1.18. The van der Waals surface area contributed by atoms with E-state index in [0.717, 1.165) is 5.69 Å². The molecule has 0 fully saturated rings. The van der Waals surface area contributed by atoms with Crippen LogP contribution in [0.1, 0.15) is 25.5 Å². The van der Waals surface area contributed by atoms with Gasteiger partial charge in [-0.25, -0.2) is 4.98 Å². The maximum atomic E-state index is 5.23. The van der Waals surface area contributed by atoms with Gasteiger partial charge in [0, 0.05) is 12.7 Å². The van der Waals surface area contributed by atoms with E-state index in [1.54, 1.807) is 0 Å². The van der Waals surface area contributed by atoms with Gasteiger partial charge in [-0.15, -0.1) is 6.42 Å². The topological polar surface area (TPSA) is 27.1 Å². The second-order valence-corrected chi connectivity index (χ2v) is 3.17. The maximum absolute atomic E-state index is 5.23. The van der Waals surface area contributed by atoms with Crippen molar-refractivity contribution in [3.05, 3.63) is 11.9 Å². The van der Waals surface area contributed by atoms with Crippen LogP contribution in [0.25, 0.3) is 0 Å². The van der Waals surface area contributed by atoms with Crippen LogP contribution >= 0.6 is 0 Å². The van der Waals surface area contributed by atoms with Crippen LogP contribution in [-0.2, 0) is 7.05 Å². The van der Waals surface area contributed by atoms with Crippen LogP contribution in [-0.4, -0.2) is 16.2 Å². The van der Waals surface area contributed by atoms with Crippen LogP contribution in [0.15, 0.2) is 6.20 Å². The lowest BCUT2D eigenvalue weighted by molar-refractivity contribution is 0.326. The molecule has 0 aliphatic rings. The number of rotatable bonds is 3. The first-order valence-electron chi connectivity index (χ1n) is 4.24. The number of nitrogens with zero attached hydrogens (tertiary/aromatic N) is 2. The zero-order valence-corrected chi connectivity index (χ0v) is 8.24. The molecule has 0 atom stereocenters. The molecule has 1 heterocycles. The molecule has 70 valence electrons. The molecule has 0 bridgehead atoms. The van der Waals surface area contributed by atoms with Gasteiger partial charge in [-0.05, 0) is 5.92 Å². The van der Waals surface area contributed by atoms with Crippen LogP contribution in [0.2, 0.25) is 0 Å². The van der Waals surface area contributed by atoms with Crippen molar-refractivity contribution in [1.29, 1.82) is 0 Å². The summed E-state index contributed by atoms with van der Waals surface area (Å²) in [6.07, 6.45) is 6.90. The molecule has 0 aliphatic carbocycles. The van der Waals surface area contributed by atoms with E-state index < -0.39 is 0 Å². The molecule has 1 aromatic heterocycles. The first-order chi connectivity index (χ1) is 6.16. The summed E-state index contributed by atoms with van der Waals surface area (Å²) in [4.78, 5) is 4.12. The van der Waals surface area contributed by atoms with E-state index in [1.165, 1.54) is 0 Å². The molecular weight excluding hydrogens is 164 g/mol. The second-order valence-electron chi connectivity index (χ2n) is 3.17. The normalized spacial score (nSPS) is 10.1. The van der Waals surface area contributed by atoms with Gasteiger partial charge in [-0.2, -0.15) is 0 Å². The molecule has 1 rings (SSSR count). The van der Waals surface area contributed by atoms with E-state index in [4.69, 9.17) is 11.2 Å². The number of hydrogen-bond acceptors (Lipinski definition) is 2. The quantitative estimate of drug-likeness (QED) is 0.657. The molecule has 0 N–H and O–H groups in total. The average molecular weight is 178 g/mol. The fourth-order valence-corrected chi connectivity index (χ4v) is 1.18. The lowest BCUT2D eigenvalue weighted by atomic mass is 10.1. The Labute approximate surface area is 78.7 Å². The molecule has 0 aromatic carbocycles. The van der Waals surface area contributed by atoms with Crippen LogP contribution in [0.3, 0.4) is 0 Å². The highest BCUT2D eigenvalue weighted by atomic mass is 16.5. The van der Waals surface area contributed by atoms with Crippen LogP contribution in [0, 0.1) is 12.3 Å². The third-order valence-corrected chi connectivity index (χ3v) is 1.86. The maximum Gasteiger partial charge on any atom is 0.297 e. The standard InChI is InChI=1S/C10H14N2O/c1-5-6-13-10-11-7-9(8(2)3)12(10)4/h1,7-8H,6H2,2-4H3. The minimum atomic E-state index is 0.266. The predicted octanol–water partition coefficient (Wildman–Crippen LogP) is 1.56. The summed E-state index contributed by atoms with van der Waals surface area (Å²) in [5.74, 6) is 2.85. The van der Waals surface area contributed by atoms with E-state index in [1.807, 2.05) is 17.8 Å². The molecule has 0 saturated carbocycles. The van der Waals surface area contributed by atoms with E-state index in [9.17, 15) is 0 Å². The Kier molecular flexibility index (Phi) is 2.97. The third kappa shape index (κ3) is 2.03. The highest BCUT2D eigenvalue weighted by Gasteiger charge is 2.09. The minimum absolute atomic E-state index is 0.266. The summed E-state index contributed by atoms with van der Waals surface area (Å²) in [5.41, 5.74) is 1.15. The van der Waals surface area contributed by atoms with Crippen molar-refractivity contribution in [1.82, 2.24) is 9.55 Å². The minimum Gasteiger partial charge on any atom is -0.452 e. The van der Waals surface area contributed by atoms with Crippen molar-refractivity contribution in [3.8, 4) is 18.4 Å². The number of imidazole rings is 1. The Balaban J connectivity index is 2.81. The Hall–Kier alpha value is -1.43. The molecule has 0 radical (unpaired) electrons. The Morgan fingerprint density at radius 1 is 1.69 bits per heavy atom. The predicted molar refractivity (Wildman–Crippen MR) is 51.6 cm³/mol. The van der Waals surface area contributed by atoms with Gasteiger partial charge >= 0.3 is 0 Å². The number of aromatic nitrogens is 2. The average Bonchev–Trinajstić information content (AvgIpc) is 2.43. The third-order valence-electron chi connectivity index (χ3n) is 1.86. The van der Waals surface area contributed by atoms with Crippen molar-refractivity contribution in [3.63, 3.8) is 0 Å². The highest BCUT2D eigenvalue weighted by molar-refractivity contribution is 5.12. The molecule has 0 aliphatic heterocycles. The molecule has 3 heteroatoms. The van der Waals surface area contributed by atoms with Crippen molar-refractivity contribution in [2.75, 3.05) is 6.61 Å². The smallest absolute Gasteiger partial charge is 0.297 e. The molecule has 0 spiro atoms. The molecule has 0 unspecified atom stereocenters. The van der Waals surface area contributed by atoms with Gasteiger partial charge in [-0.1, -0.05) is 19.8 Å². The van der Waals surface area contributed by atoms with Gasteiger partial charge in [0.15, 0.2) is 6.61 Å². The first-order valence-corrected chi connectivity index (χ1v) is 4.24. The van der Waals surface area contributed by atoms with E-state index in [2.05, 4.69) is 24.8 Å². The van der Waals surface area contributed by atoms with Gasteiger partial charge in [0.05, 0.1) is 6.20 Å². The monoisotopic (exact) mass is 178 g/mol. The fraction of sp³-hybridized carbons (Fsp3) is 0.500. The van der Waals surface area contributed by atoms with Gasteiger partial charge in [0.1, 0.15) is 0 Å². The highest BCUT2D eigenvalue weighted by Crippen LogP contribution is 2.18. The van der Waals surface area contributed by atoms with Gasteiger partial charge in [-0.3, -0.25) is 0 Å². The molecule has 0 saturated heterocycles. The van der Waals surface area contributed by atoms with Crippen molar-refractivity contribution >= 4 is 0 Å². The molecule has 13 heavy (non-hydrogen) atoms. The Bertz CT molecular complexity index is 320. The summed E-state index contributed by atoms with van der Waals surface area (Å²) < 4.78 is 7.15. The van der Waals surface area contributed by atoms with Gasteiger partial charge in [0.25, 0.3) is 6.01 Å². The summed E-state index contributed by atoms with van der Waals surface area (Å²) in [7, 11) is 1.92. The van der Waals surface area contributed by atoms with Gasteiger partial charge < -0.3 is 9.30 Å². The second kappa shape index (κ2) is 3.99. The Morgan fingerprint density at radius 2 is 2.38 bits per heavy atom. The van der Waals surface area contributed by atoms with Crippen molar-refractivity contribution in [2.45, 2.75) is 19.8 Å². The Morgan fingerprint density at radius 3 is 2.85 bits per heavy atom. The van der Waals surface area contributed by atoms with Gasteiger partial charge in [0.2, 0.25) is 0 Å². The largest absolute Gasteiger partial charge is 0.452 e. The SMILES string of the molecule is C#CCOc1ncc(C(C)C)n1C. The van der Waals surface area contributed by atoms with Crippen molar-refractivity contribution in [2.24, 2.45) is 7.05 Å². The lowest BCUT2D eigenvalue weighted by Crippen LogP contribution is -2.03. The number of ether oxygens (including phenoxy) is 1. The van der Waals surface area contributed by atoms with E-state index >= 15 is 0 Å².